The van der Waals surface area contributed by atoms with Crippen molar-refractivity contribution in [2.45, 2.75) is 47.1 Å². The number of aromatic nitrogens is 3. The van der Waals surface area contributed by atoms with E-state index in [1.54, 1.807) is 6.20 Å². The van der Waals surface area contributed by atoms with E-state index >= 15 is 0 Å². The largest absolute Gasteiger partial charge is 0.466 e. The van der Waals surface area contributed by atoms with Gasteiger partial charge in [0.05, 0.1) is 22.8 Å². The number of hydrogen-bond acceptors (Lipinski definition) is 5. The molecule has 0 atom stereocenters. The maximum absolute atomic E-state index is 13.5. The zero-order valence-corrected chi connectivity index (χ0v) is 18.8. The van der Waals surface area contributed by atoms with Gasteiger partial charge in [-0.25, -0.2) is 9.67 Å². The van der Waals surface area contributed by atoms with Crippen molar-refractivity contribution in [3.8, 4) is 11.3 Å². The van der Waals surface area contributed by atoms with Crippen LogP contribution in [0, 0.1) is 13.8 Å². The lowest BCUT2D eigenvalue weighted by Crippen LogP contribution is -2.50. The Balaban J connectivity index is 1.75. The monoisotopic (exact) mass is 423 g/mol. The molecule has 0 unspecified atom stereocenters. The number of fused-ring (bicyclic) bond motifs is 1. The van der Waals surface area contributed by atoms with Crippen LogP contribution in [0.5, 0.6) is 0 Å². The number of aryl methyl sites for hydroxylation is 2. The molecule has 1 saturated heterocycles. The second-order valence-corrected chi connectivity index (χ2v) is 8.33. The molecule has 164 valence electrons. The fourth-order valence-electron chi connectivity index (χ4n) is 4.15. The minimum atomic E-state index is -0.0570. The first-order valence-corrected chi connectivity index (χ1v) is 10.8. The van der Waals surface area contributed by atoms with Crippen molar-refractivity contribution in [2.75, 3.05) is 26.2 Å². The molecule has 4 heterocycles. The van der Waals surface area contributed by atoms with E-state index in [0.29, 0.717) is 49.5 Å². The molecule has 1 aliphatic heterocycles. The predicted octanol–water partition coefficient (Wildman–Crippen LogP) is 3.58. The maximum atomic E-state index is 13.5. The van der Waals surface area contributed by atoms with E-state index in [4.69, 9.17) is 9.40 Å². The molecule has 8 heteroatoms. The summed E-state index contributed by atoms with van der Waals surface area (Å²) in [6.45, 7) is 11.9. The highest BCUT2D eigenvalue weighted by atomic mass is 16.3. The van der Waals surface area contributed by atoms with E-state index in [1.165, 1.54) is 0 Å². The molecule has 3 aromatic heterocycles. The molecule has 1 aliphatic rings. The maximum Gasteiger partial charge on any atom is 0.254 e. The summed E-state index contributed by atoms with van der Waals surface area (Å²) in [5.74, 6) is 1.64. The molecule has 2 amide bonds. The molecule has 31 heavy (non-hydrogen) atoms. The van der Waals surface area contributed by atoms with Gasteiger partial charge >= 0.3 is 0 Å². The molecule has 0 aromatic carbocycles. The number of amides is 2. The lowest BCUT2D eigenvalue weighted by Gasteiger charge is -2.34. The van der Waals surface area contributed by atoms with E-state index < -0.39 is 0 Å². The number of carbonyl (C=O) groups excluding carboxylic acids is 2. The van der Waals surface area contributed by atoms with Crippen LogP contribution in [0.2, 0.25) is 0 Å². The molecule has 4 rings (SSSR count). The van der Waals surface area contributed by atoms with Crippen LogP contribution in [-0.2, 0) is 4.79 Å². The first-order valence-electron chi connectivity index (χ1n) is 10.8. The zero-order chi connectivity index (χ0) is 22.3. The first kappa shape index (κ1) is 21.1. The number of rotatable bonds is 4. The molecule has 0 saturated carbocycles. The third-order valence-electron chi connectivity index (χ3n) is 5.83. The van der Waals surface area contributed by atoms with Gasteiger partial charge in [0.15, 0.2) is 5.65 Å². The van der Waals surface area contributed by atoms with Gasteiger partial charge in [-0.1, -0.05) is 6.92 Å². The zero-order valence-electron chi connectivity index (χ0n) is 18.8. The summed E-state index contributed by atoms with van der Waals surface area (Å²) < 4.78 is 7.55. The lowest BCUT2D eigenvalue weighted by molar-refractivity contribution is -0.132. The van der Waals surface area contributed by atoms with Crippen molar-refractivity contribution >= 4 is 22.8 Å². The number of hydrogen-bond donors (Lipinski definition) is 0. The normalized spacial score (nSPS) is 14.6. The van der Waals surface area contributed by atoms with Crippen molar-refractivity contribution < 1.29 is 14.0 Å². The van der Waals surface area contributed by atoms with Gasteiger partial charge in [0.2, 0.25) is 5.91 Å². The predicted molar refractivity (Wildman–Crippen MR) is 118 cm³/mol. The van der Waals surface area contributed by atoms with Crippen molar-refractivity contribution in [1.82, 2.24) is 24.6 Å². The standard InChI is InChI=1S/C23H29N5O3/c1-6-21(29)26-7-9-27(10-8-26)23(30)18-12-20(17-11-15(4)31-16(17)5)25-22-19(18)13-24-28(22)14(2)3/h11-14H,6-10H2,1-5H3. The van der Waals surface area contributed by atoms with Crippen LogP contribution in [0.3, 0.4) is 0 Å². The van der Waals surface area contributed by atoms with E-state index in [9.17, 15) is 9.59 Å². The smallest absolute Gasteiger partial charge is 0.254 e. The third-order valence-corrected chi connectivity index (χ3v) is 5.83. The van der Waals surface area contributed by atoms with Crippen LogP contribution in [0.4, 0.5) is 0 Å². The summed E-state index contributed by atoms with van der Waals surface area (Å²) >= 11 is 0. The molecule has 0 N–H and O–H groups in total. The highest BCUT2D eigenvalue weighted by Crippen LogP contribution is 2.30. The van der Waals surface area contributed by atoms with Crippen LogP contribution in [-0.4, -0.2) is 62.6 Å². The highest BCUT2D eigenvalue weighted by molar-refractivity contribution is 6.06. The molecule has 3 aromatic rings. The number of carbonyl (C=O) groups is 2. The second kappa shape index (κ2) is 8.17. The molecule has 0 aliphatic carbocycles. The van der Waals surface area contributed by atoms with Crippen molar-refractivity contribution in [2.24, 2.45) is 0 Å². The Morgan fingerprint density at radius 1 is 1.10 bits per heavy atom. The fraction of sp³-hybridized carbons (Fsp3) is 0.478. The summed E-state index contributed by atoms with van der Waals surface area (Å²) in [6.07, 6.45) is 2.21. The summed E-state index contributed by atoms with van der Waals surface area (Å²) in [4.78, 5) is 34.0. The van der Waals surface area contributed by atoms with E-state index in [1.807, 2.05) is 61.2 Å². The SMILES string of the molecule is CCC(=O)N1CCN(C(=O)c2cc(-c3cc(C)oc3C)nc3c2cnn3C(C)C)CC1. The van der Waals surface area contributed by atoms with Crippen molar-refractivity contribution in [3.05, 3.63) is 35.4 Å². The van der Waals surface area contributed by atoms with Gasteiger partial charge < -0.3 is 14.2 Å². The van der Waals surface area contributed by atoms with Crippen LogP contribution < -0.4 is 0 Å². The van der Waals surface area contributed by atoms with Crippen LogP contribution in [0.1, 0.15) is 55.1 Å². The minimum absolute atomic E-state index is 0.0570. The Hall–Kier alpha value is -3.16. The van der Waals surface area contributed by atoms with Crippen LogP contribution in [0.25, 0.3) is 22.3 Å². The van der Waals surface area contributed by atoms with E-state index in [2.05, 4.69) is 5.10 Å². The van der Waals surface area contributed by atoms with Gasteiger partial charge in [-0.05, 0) is 39.8 Å². The van der Waals surface area contributed by atoms with Gasteiger partial charge in [0, 0.05) is 44.2 Å². The third kappa shape index (κ3) is 3.82. The summed E-state index contributed by atoms with van der Waals surface area (Å²) in [5, 5.41) is 5.24. The summed E-state index contributed by atoms with van der Waals surface area (Å²) in [7, 11) is 0. The lowest BCUT2D eigenvalue weighted by atomic mass is 10.1. The Morgan fingerprint density at radius 3 is 2.35 bits per heavy atom. The minimum Gasteiger partial charge on any atom is -0.466 e. The highest BCUT2D eigenvalue weighted by Gasteiger charge is 2.27. The van der Waals surface area contributed by atoms with Crippen molar-refractivity contribution in [3.63, 3.8) is 0 Å². The Morgan fingerprint density at radius 2 is 1.77 bits per heavy atom. The van der Waals surface area contributed by atoms with Gasteiger partial charge in [0.1, 0.15) is 11.5 Å². The number of pyridine rings is 1. The molecule has 0 radical (unpaired) electrons. The quantitative estimate of drug-likeness (QED) is 0.640. The van der Waals surface area contributed by atoms with E-state index in [-0.39, 0.29) is 17.9 Å². The fourth-order valence-corrected chi connectivity index (χ4v) is 4.15. The number of piperazine rings is 1. The Bertz CT molecular complexity index is 1140. The molecular weight excluding hydrogens is 394 g/mol. The summed E-state index contributed by atoms with van der Waals surface area (Å²) in [6, 6.07) is 3.90. The van der Waals surface area contributed by atoms with Crippen LogP contribution in [0.15, 0.2) is 22.7 Å². The molecule has 0 bridgehead atoms. The van der Waals surface area contributed by atoms with Crippen molar-refractivity contribution in [1.29, 1.82) is 0 Å². The number of nitrogens with zero attached hydrogens (tertiary/aromatic N) is 5. The molecule has 8 nitrogen and oxygen atoms in total. The molecule has 0 spiro atoms. The molecular formula is C23H29N5O3. The van der Waals surface area contributed by atoms with Gasteiger partial charge in [0.25, 0.3) is 5.91 Å². The number of furan rings is 1. The van der Waals surface area contributed by atoms with Gasteiger partial charge in [-0.3, -0.25) is 9.59 Å². The summed E-state index contributed by atoms with van der Waals surface area (Å²) in [5.41, 5.74) is 2.85. The Kier molecular flexibility index (Phi) is 5.56. The average Bonchev–Trinajstić information content (AvgIpc) is 3.34. The van der Waals surface area contributed by atoms with Crippen LogP contribution >= 0.6 is 0 Å². The molecule has 1 fully saturated rings. The van der Waals surface area contributed by atoms with Gasteiger partial charge in [-0.15, -0.1) is 0 Å². The average molecular weight is 424 g/mol. The topological polar surface area (TPSA) is 84.5 Å². The first-order chi connectivity index (χ1) is 14.8. The van der Waals surface area contributed by atoms with Gasteiger partial charge in [-0.2, -0.15) is 5.10 Å². The second-order valence-electron chi connectivity index (χ2n) is 8.33. The Labute approximate surface area is 181 Å². The van der Waals surface area contributed by atoms with E-state index in [0.717, 1.165) is 22.5 Å².